The SMILES string of the molecule is CC(C)CCOc1ccc(C(=O)N2CCC(CO)C2)cc1. The number of benzene rings is 1. The van der Waals surface area contributed by atoms with E-state index < -0.39 is 0 Å². The first-order valence-electron chi connectivity index (χ1n) is 7.73. The van der Waals surface area contributed by atoms with Crippen LogP contribution in [0.2, 0.25) is 0 Å². The summed E-state index contributed by atoms with van der Waals surface area (Å²) in [5.74, 6) is 1.70. The van der Waals surface area contributed by atoms with Crippen LogP contribution in [0, 0.1) is 11.8 Å². The fourth-order valence-corrected chi connectivity index (χ4v) is 2.45. The zero-order valence-electron chi connectivity index (χ0n) is 12.9. The maximum Gasteiger partial charge on any atom is 0.253 e. The van der Waals surface area contributed by atoms with E-state index in [-0.39, 0.29) is 18.4 Å². The molecule has 0 spiro atoms. The maximum atomic E-state index is 12.3. The average molecular weight is 291 g/mol. The first-order chi connectivity index (χ1) is 10.1. The lowest BCUT2D eigenvalue weighted by atomic mass is 10.1. The molecular weight excluding hydrogens is 266 g/mol. The minimum absolute atomic E-state index is 0.0414. The van der Waals surface area contributed by atoms with E-state index >= 15 is 0 Å². The van der Waals surface area contributed by atoms with Crippen LogP contribution in [0.4, 0.5) is 0 Å². The lowest BCUT2D eigenvalue weighted by Crippen LogP contribution is -2.29. The van der Waals surface area contributed by atoms with Crippen molar-refractivity contribution in [3.8, 4) is 5.75 Å². The smallest absolute Gasteiger partial charge is 0.253 e. The van der Waals surface area contributed by atoms with Crippen LogP contribution in [0.1, 0.15) is 37.0 Å². The predicted octanol–water partition coefficient (Wildman–Crippen LogP) is 2.57. The van der Waals surface area contributed by atoms with Gasteiger partial charge in [-0.05, 0) is 43.0 Å². The van der Waals surface area contributed by atoms with Crippen LogP contribution in [0.25, 0.3) is 0 Å². The molecule has 0 aromatic heterocycles. The van der Waals surface area contributed by atoms with Crippen molar-refractivity contribution < 1.29 is 14.6 Å². The quantitative estimate of drug-likeness (QED) is 0.876. The van der Waals surface area contributed by atoms with Crippen LogP contribution < -0.4 is 4.74 Å². The molecule has 4 nitrogen and oxygen atoms in total. The van der Waals surface area contributed by atoms with Crippen molar-refractivity contribution in [1.82, 2.24) is 4.90 Å². The van der Waals surface area contributed by atoms with E-state index in [1.54, 1.807) is 0 Å². The predicted molar refractivity (Wildman–Crippen MR) is 82.5 cm³/mol. The molecule has 0 aliphatic carbocycles. The fourth-order valence-electron chi connectivity index (χ4n) is 2.45. The van der Waals surface area contributed by atoms with Gasteiger partial charge in [0.15, 0.2) is 0 Å². The Hall–Kier alpha value is -1.55. The third-order valence-corrected chi connectivity index (χ3v) is 3.90. The summed E-state index contributed by atoms with van der Waals surface area (Å²) in [5.41, 5.74) is 0.685. The van der Waals surface area contributed by atoms with Gasteiger partial charge >= 0.3 is 0 Å². The number of hydrogen-bond acceptors (Lipinski definition) is 3. The number of likely N-dealkylation sites (tertiary alicyclic amines) is 1. The summed E-state index contributed by atoms with van der Waals surface area (Å²) in [7, 11) is 0. The first kappa shape index (κ1) is 15.8. The molecule has 21 heavy (non-hydrogen) atoms. The molecule has 1 unspecified atom stereocenters. The highest BCUT2D eigenvalue weighted by Gasteiger charge is 2.26. The first-order valence-corrected chi connectivity index (χ1v) is 7.73. The number of aliphatic hydroxyl groups excluding tert-OH is 1. The van der Waals surface area contributed by atoms with Gasteiger partial charge in [-0.1, -0.05) is 13.8 Å². The number of amides is 1. The molecule has 1 heterocycles. The summed E-state index contributed by atoms with van der Waals surface area (Å²) >= 11 is 0. The second-order valence-electron chi connectivity index (χ2n) is 6.14. The molecule has 1 aliphatic heterocycles. The second kappa shape index (κ2) is 7.46. The monoisotopic (exact) mass is 291 g/mol. The Morgan fingerprint density at radius 1 is 1.38 bits per heavy atom. The molecule has 1 N–H and O–H groups in total. The van der Waals surface area contributed by atoms with E-state index in [1.165, 1.54) is 0 Å². The van der Waals surface area contributed by atoms with Gasteiger partial charge in [0.1, 0.15) is 5.75 Å². The molecule has 1 fully saturated rings. The lowest BCUT2D eigenvalue weighted by Gasteiger charge is -2.16. The topological polar surface area (TPSA) is 49.8 Å². The number of aliphatic hydroxyl groups is 1. The van der Waals surface area contributed by atoms with Crippen LogP contribution in [0.5, 0.6) is 5.75 Å². The molecule has 0 bridgehead atoms. The third kappa shape index (κ3) is 4.46. The Labute approximate surface area is 126 Å². The highest BCUT2D eigenvalue weighted by molar-refractivity contribution is 5.94. The molecule has 116 valence electrons. The number of rotatable bonds is 6. The van der Waals surface area contributed by atoms with Crippen molar-refractivity contribution in [2.45, 2.75) is 26.7 Å². The fraction of sp³-hybridized carbons (Fsp3) is 0.588. The summed E-state index contributed by atoms with van der Waals surface area (Å²) in [4.78, 5) is 14.1. The zero-order chi connectivity index (χ0) is 15.2. The van der Waals surface area contributed by atoms with Crippen molar-refractivity contribution in [2.75, 3.05) is 26.3 Å². The molecule has 0 saturated carbocycles. The Morgan fingerprint density at radius 3 is 2.67 bits per heavy atom. The molecule has 4 heteroatoms. The molecule has 1 aliphatic rings. The molecule has 0 radical (unpaired) electrons. The Balaban J connectivity index is 1.88. The summed E-state index contributed by atoms with van der Waals surface area (Å²) in [6.45, 7) is 6.59. The van der Waals surface area contributed by atoms with Crippen LogP contribution in [-0.4, -0.2) is 42.2 Å². The van der Waals surface area contributed by atoms with E-state index in [2.05, 4.69) is 13.8 Å². The third-order valence-electron chi connectivity index (χ3n) is 3.90. The average Bonchev–Trinajstić information content (AvgIpc) is 2.96. The van der Waals surface area contributed by atoms with E-state index in [4.69, 9.17) is 9.84 Å². The van der Waals surface area contributed by atoms with Gasteiger partial charge < -0.3 is 14.7 Å². The standard InChI is InChI=1S/C17H25NO3/c1-13(2)8-10-21-16-5-3-15(4-6-16)17(20)18-9-7-14(11-18)12-19/h3-6,13-14,19H,7-12H2,1-2H3. The van der Waals surface area contributed by atoms with Gasteiger partial charge in [0.2, 0.25) is 0 Å². The van der Waals surface area contributed by atoms with Crippen LogP contribution >= 0.6 is 0 Å². The molecule has 1 aromatic rings. The Morgan fingerprint density at radius 2 is 2.10 bits per heavy atom. The van der Waals surface area contributed by atoms with Gasteiger partial charge in [0.25, 0.3) is 5.91 Å². The molecular formula is C17H25NO3. The second-order valence-corrected chi connectivity index (χ2v) is 6.14. The summed E-state index contributed by atoms with van der Waals surface area (Å²) in [5, 5.41) is 9.14. The van der Waals surface area contributed by atoms with E-state index in [0.29, 0.717) is 24.6 Å². The lowest BCUT2D eigenvalue weighted by molar-refractivity contribution is 0.0782. The van der Waals surface area contributed by atoms with E-state index in [1.807, 2.05) is 29.2 Å². The highest BCUT2D eigenvalue weighted by atomic mass is 16.5. The number of ether oxygens (including phenoxy) is 1. The van der Waals surface area contributed by atoms with Gasteiger partial charge in [0, 0.05) is 31.2 Å². The number of hydrogen-bond donors (Lipinski definition) is 1. The van der Waals surface area contributed by atoms with E-state index in [0.717, 1.165) is 25.1 Å². The number of nitrogens with zero attached hydrogens (tertiary/aromatic N) is 1. The summed E-state index contributed by atoms with van der Waals surface area (Å²) < 4.78 is 5.65. The Kier molecular flexibility index (Phi) is 5.62. The van der Waals surface area contributed by atoms with Crippen molar-refractivity contribution in [2.24, 2.45) is 11.8 Å². The highest BCUT2D eigenvalue weighted by Crippen LogP contribution is 2.20. The zero-order valence-corrected chi connectivity index (χ0v) is 12.9. The molecule has 1 atom stereocenters. The van der Waals surface area contributed by atoms with Crippen LogP contribution in [-0.2, 0) is 0 Å². The van der Waals surface area contributed by atoms with Crippen molar-refractivity contribution in [3.63, 3.8) is 0 Å². The van der Waals surface area contributed by atoms with Crippen LogP contribution in [0.3, 0.4) is 0 Å². The van der Waals surface area contributed by atoms with E-state index in [9.17, 15) is 4.79 Å². The normalized spacial score (nSPS) is 18.3. The molecule has 1 saturated heterocycles. The van der Waals surface area contributed by atoms with Crippen molar-refractivity contribution in [1.29, 1.82) is 0 Å². The van der Waals surface area contributed by atoms with Crippen LogP contribution in [0.15, 0.2) is 24.3 Å². The van der Waals surface area contributed by atoms with Gasteiger partial charge in [-0.25, -0.2) is 0 Å². The maximum absolute atomic E-state index is 12.3. The Bertz CT molecular complexity index is 456. The largest absolute Gasteiger partial charge is 0.494 e. The minimum atomic E-state index is 0.0414. The summed E-state index contributed by atoms with van der Waals surface area (Å²) in [6.07, 6.45) is 1.91. The minimum Gasteiger partial charge on any atom is -0.494 e. The molecule has 1 aromatic carbocycles. The van der Waals surface area contributed by atoms with Crippen molar-refractivity contribution in [3.05, 3.63) is 29.8 Å². The molecule has 2 rings (SSSR count). The molecule has 1 amide bonds. The van der Waals surface area contributed by atoms with Gasteiger partial charge in [0.05, 0.1) is 6.61 Å². The van der Waals surface area contributed by atoms with Crippen molar-refractivity contribution >= 4 is 5.91 Å². The van der Waals surface area contributed by atoms with Gasteiger partial charge in [-0.15, -0.1) is 0 Å². The number of carbonyl (C=O) groups is 1. The summed E-state index contributed by atoms with van der Waals surface area (Å²) in [6, 6.07) is 7.35. The van der Waals surface area contributed by atoms with Gasteiger partial charge in [-0.3, -0.25) is 4.79 Å². The number of carbonyl (C=O) groups excluding carboxylic acids is 1. The van der Waals surface area contributed by atoms with Gasteiger partial charge in [-0.2, -0.15) is 0 Å².